The van der Waals surface area contributed by atoms with E-state index in [4.69, 9.17) is 10.7 Å². The number of benzene rings is 1. The number of anilines is 2. The summed E-state index contributed by atoms with van der Waals surface area (Å²) in [5.74, 6) is 6.33. The first kappa shape index (κ1) is 24.7. The number of hydrogen-bond donors (Lipinski definition) is 3. The number of aromatic nitrogens is 6. The lowest BCUT2D eigenvalue weighted by Gasteiger charge is -2.19. The number of fused-ring (bicyclic) bond motifs is 2. The number of nitrogens with two attached hydrogens (primary N) is 1. The number of pyridine rings is 1. The molecule has 1 unspecified atom stereocenters. The normalized spacial score (nSPS) is 12.8. The van der Waals surface area contributed by atoms with Crippen molar-refractivity contribution in [2.75, 3.05) is 17.6 Å². The van der Waals surface area contributed by atoms with Crippen LogP contribution in [0.2, 0.25) is 0 Å². The van der Waals surface area contributed by atoms with Crippen molar-refractivity contribution in [3.63, 3.8) is 0 Å². The number of nitrogens with one attached hydrogen (secondary N) is 2. The second-order valence-electron chi connectivity index (χ2n) is 9.31. The van der Waals surface area contributed by atoms with Gasteiger partial charge in [0.25, 0.3) is 11.5 Å². The number of hydrogen-bond acceptors (Lipinski definition) is 7. The largest absolute Gasteiger partial charge is 0.381 e. The maximum absolute atomic E-state index is 14.1. The third-order valence-electron chi connectivity index (χ3n) is 6.54. The minimum absolute atomic E-state index is 0.102. The van der Waals surface area contributed by atoms with Crippen LogP contribution in [0.1, 0.15) is 40.3 Å². The van der Waals surface area contributed by atoms with Crippen LogP contribution in [-0.2, 0) is 7.05 Å². The second kappa shape index (κ2) is 9.92. The summed E-state index contributed by atoms with van der Waals surface area (Å²) in [6, 6.07) is 13.9. The van der Waals surface area contributed by atoms with Crippen molar-refractivity contribution in [1.29, 1.82) is 0 Å². The Labute approximate surface area is 229 Å². The molecule has 0 aliphatic carbocycles. The quantitative estimate of drug-likeness (QED) is 0.303. The molecule has 40 heavy (non-hydrogen) atoms. The van der Waals surface area contributed by atoms with Gasteiger partial charge in [-0.3, -0.25) is 18.7 Å². The Morgan fingerprint density at radius 2 is 1.98 bits per heavy atom. The Kier molecular flexibility index (Phi) is 6.12. The van der Waals surface area contributed by atoms with Gasteiger partial charge in [-0.25, -0.2) is 9.67 Å². The van der Waals surface area contributed by atoms with Crippen molar-refractivity contribution in [1.82, 2.24) is 34.3 Å². The van der Waals surface area contributed by atoms with Gasteiger partial charge in [0.2, 0.25) is 0 Å². The Bertz CT molecular complexity index is 1920. The molecule has 11 nitrogen and oxygen atoms in total. The highest BCUT2D eigenvalue weighted by molar-refractivity contribution is 6.04. The van der Waals surface area contributed by atoms with E-state index in [0.29, 0.717) is 40.5 Å². The molecule has 1 aromatic carbocycles. The molecule has 6 rings (SSSR count). The molecule has 198 valence electrons. The van der Waals surface area contributed by atoms with Crippen molar-refractivity contribution in [3.8, 4) is 23.0 Å². The fourth-order valence-electron chi connectivity index (χ4n) is 4.71. The summed E-state index contributed by atoms with van der Waals surface area (Å²) in [5, 5.41) is 14.5. The average molecular weight is 532 g/mol. The monoisotopic (exact) mass is 531 g/mol. The zero-order chi connectivity index (χ0) is 27.8. The van der Waals surface area contributed by atoms with E-state index in [1.807, 2.05) is 43.5 Å². The van der Waals surface area contributed by atoms with Crippen LogP contribution in [0, 0.1) is 11.8 Å². The Hall–Kier alpha value is -5.63. The highest BCUT2D eigenvalue weighted by atomic mass is 16.2. The summed E-state index contributed by atoms with van der Waals surface area (Å²) < 4.78 is 4.69. The van der Waals surface area contributed by atoms with E-state index in [1.165, 1.54) is 9.08 Å². The van der Waals surface area contributed by atoms with Crippen LogP contribution in [0.5, 0.6) is 0 Å². The molecule has 11 heteroatoms. The summed E-state index contributed by atoms with van der Waals surface area (Å²) in [6.07, 6.45) is 7.08. The highest BCUT2D eigenvalue weighted by Crippen LogP contribution is 2.28. The minimum atomic E-state index is -0.639. The third-order valence-corrected chi connectivity index (χ3v) is 6.54. The number of rotatable bonds is 4. The Morgan fingerprint density at radius 1 is 1.15 bits per heavy atom. The standard InChI is InChI=1S/C29H25N9O2/c1-18(33-28(39)24-26(30)35-37-15-7-14-31-27(24)37)25-23(20-8-4-3-5-9-20)29(40)38-21(10-6-11-22(38)34-25)13-12-19-16-32-36(2)17-19/h3-11,15-18,31H,14H2,1-2H3,(H2,30,35)(H,33,39). The topological polar surface area (TPSA) is 137 Å². The number of amides is 1. The van der Waals surface area contributed by atoms with E-state index < -0.39 is 11.9 Å². The first-order valence-electron chi connectivity index (χ1n) is 12.6. The van der Waals surface area contributed by atoms with Crippen molar-refractivity contribution in [2.24, 2.45) is 7.05 Å². The van der Waals surface area contributed by atoms with Gasteiger partial charge in [-0.2, -0.15) is 5.10 Å². The molecule has 0 spiro atoms. The predicted molar refractivity (Wildman–Crippen MR) is 152 cm³/mol. The SMILES string of the molecule is CC(NC(=O)c1c(N)nn2c1NCC=C2)c1nc2cccc(C#Cc3cnn(C)c3)n2c(=O)c1-c1ccccc1. The molecule has 1 atom stereocenters. The maximum Gasteiger partial charge on any atom is 0.267 e. The van der Waals surface area contributed by atoms with Gasteiger partial charge in [0.1, 0.15) is 22.7 Å². The van der Waals surface area contributed by atoms with Gasteiger partial charge in [-0.1, -0.05) is 42.3 Å². The molecule has 1 aliphatic rings. The van der Waals surface area contributed by atoms with E-state index in [-0.39, 0.29) is 16.9 Å². The van der Waals surface area contributed by atoms with Gasteiger partial charge in [0.15, 0.2) is 5.82 Å². The van der Waals surface area contributed by atoms with E-state index in [1.54, 1.807) is 48.4 Å². The van der Waals surface area contributed by atoms with Crippen molar-refractivity contribution < 1.29 is 4.79 Å². The van der Waals surface area contributed by atoms with Gasteiger partial charge >= 0.3 is 0 Å². The van der Waals surface area contributed by atoms with Gasteiger partial charge in [0, 0.05) is 26.0 Å². The Balaban J connectivity index is 1.46. The fraction of sp³-hybridized carbons (Fsp3) is 0.138. The lowest BCUT2D eigenvalue weighted by Crippen LogP contribution is -2.31. The van der Waals surface area contributed by atoms with Crippen LogP contribution in [0.15, 0.2) is 71.8 Å². The smallest absolute Gasteiger partial charge is 0.267 e. The number of aryl methyl sites for hydroxylation is 1. The van der Waals surface area contributed by atoms with Crippen LogP contribution in [0.25, 0.3) is 23.0 Å². The third kappa shape index (κ3) is 4.37. The molecule has 0 radical (unpaired) electrons. The van der Waals surface area contributed by atoms with Crippen molar-refractivity contribution in [2.45, 2.75) is 13.0 Å². The Morgan fingerprint density at radius 3 is 2.75 bits per heavy atom. The summed E-state index contributed by atoms with van der Waals surface area (Å²) in [5.41, 5.74) is 9.12. The zero-order valence-electron chi connectivity index (χ0n) is 21.8. The van der Waals surface area contributed by atoms with E-state index in [9.17, 15) is 9.59 Å². The molecule has 0 saturated heterocycles. The summed E-state index contributed by atoms with van der Waals surface area (Å²) >= 11 is 0. The first-order chi connectivity index (χ1) is 19.4. The van der Waals surface area contributed by atoms with Crippen LogP contribution >= 0.6 is 0 Å². The van der Waals surface area contributed by atoms with Crippen LogP contribution in [-0.4, -0.2) is 41.4 Å². The molecule has 5 heterocycles. The number of nitrogen functional groups attached to an aromatic ring is 1. The predicted octanol–water partition coefficient (Wildman–Crippen LogP) is 2.66. The molecule has 0 bridgehead atoms. The number of carbonyl (C=O) groups is 1. The van der Waals surface area contributed by atoms with Crippen LogP contribution in [0.3, 0.4) is 0 Å². The summed E-state index contributed by atoms with van der Waals surface area (Å²) in [6.45, 7) is 2.34. The summed E-state index contributed by atoms with van der Waals surface area (Å²) in [7, 11) is 1.81. The minimum Gasteiger partial charge on any atom is -0.381 e. The zero-order valence-corrected chi connectivity index (χ0v) is 21.8. The van der Waals surface area contributed by atoms with Gasteiger partial charge in [0.05, 0.1) is 29.1 Å². The van der Waals surface area contributed by atoms with Crippen LogP contribution in [0.4, 0.5) is 11.6 Å². The molecular formula is C29H25N9O2. The molecule has 4 N–H and O–H groups in total. The van der Waals surface area contributed by atoms with E-state index in [2.05, 4.69) is 32.7 Å². The van der Waals surface area contributed by atoms with Crippen molar-refractivity contribution >= 4 is 29.4 Å². The average Bonchev–Trinajstić information content (AvgIpc) is 3.53. The van der Waals surface area contributed by atoms with Gasteiger partial charge < -0.3 is 16.4 Å². The first-order valence-corrected chi connectivity index (χ1v) is 12.6. The lowest BCUT2D eigenvalue weighted by molar-refractivity contribution is 0.0941. The van der Waals surface area contributed by atoms with Crippen molar-refractivity contribution in [3.05, 3.63) is 99.9 Å². The maximum atomic E-state index is 14.1. The lowest BCUT2D eigenvalue weighted by atomic mass is 10.0. The van der Waals surface area contributed by atoms with Gasteiger partial charge in [-0.15, -0.1) is 5.10 Å². The molecule has 1 amide bonds. The van der Waals surface area contributed by atoms with Gasteiger partial charge in [-0.05, 0) is 36.6 Å². The summed E-state index contributed by atoms with van der Waals surface area (Å²) in [4.78, 5) is 32.4. The molecule has 5 aromatic rings. The molecule has 0 fully saturated rings. The van der Waals surface area contributed by atoms with Crippen LogP contribution < -0.4 is 21.9 Å². The number of carbonyl (C=O) groups excluding carboxylic acids is 1. The second-order valence-corrected chi connectivity index (χ2v) is 9.31. The highest BCUT2D eigenvalue weighted by Gasteiger charge is 2.27. The molecular weight excluding hydrogens is 506 g/mol. The van der Waals surface area contributed by atoms with E-state index in [0.717, 1.165) is 5.56 Å². The van der Waals surface area contributed by atoms with E-state index >= 15 is 0 Å². The number of nitrogens with zero attached hydrogens (tertiary/aromatic N) is 6. The molecule has 4 aromatic heterocycles. The molecule has 0 saturated carbocycles. The fourth-order valence-corrected chi connectivity index (χ4v) is 4.71. The molecule has 1 aliphatic heterocycles.